The first kappa shape index (κ1) is 15.4. The van der Waals surface area contributed by atoms with Gasteiger partial charge in [-0.05, 0) is 44.5 Å². The number of ether oxygens (including phenoxy) is 3. The molecule has 6 rings (SSSR count). The van der Waals surface area contributed by atoms with Gasteiger partial charge in [-0.25, -0.2) is 0 Å². The fourth-order valence-corrected chi connectivity index (χ4v) is 6.58. The number of likely N-dealkylation sites (N-methyl/N-ethyl adjacent to an activating group) is 1. The maximum Gasteiger partial charge on any atom is 0.207 e. The first-order chi connectivity index (χ1) is 12.6. The van der Waals surface area contributed by atoms with Crippen LogP contribution in [0.1, 0.15) is 36.0 Å². The molecule has 6 heteroatoms. The van der Waals surface area contributed by atoms with Crippen molar-refractivity contribution in [3.05, 3.63) is 28.8 Å². The van der Waals surface area contributed by atoms with Crippen molar-refractivity contribution in [1.29, 1.82) is 5.26 Å². The Labute approximate surface area is 152 Å². The molecule has 136 valence electrons. The Balaban J connectivity index is 1.67. The number of likely N-dealkylation sites (tertiary alicyclic amines) is 1. The van der Waals surface area contributed by atoms with Gasteiger partial charge in [0.25, 0.3) is 0 Å². The van der Waals surface area contributed by atoms with Crippen molar-refractivity contribution >= 4 is 0 Å². The minimum absolute atomic E-state index is 0.0486. The first-order valence-electron chi connectivity index (χ1n) is 9.49. The number of nitriles is 1. The summed E-state index contributed by atoms with van der Waals surface area (Å²) >= 11 is 0. The van der Waals surface area contributed by atoms with Gasteiger partial charge in [-0.1, -0.05) is 6.07 Å². The van der Waals surface area contributed by atoms with Gasteiger partial charge < -0.3 is 24.2 Å². The van der Waals surface area contributed by atoms with E-state index in [4.69, 9.17) is 14.2 Å². The van der Waals surface area contributed by atoms with Crippen LogP contribution in [0.3, 0.4) is 0 Å². The Bertz CT molecular complexity index is 858. The van der Waals surface area contributed by atoms with Crippen LogP contribution >= 0.6 is 0 Å². The molecule has 1 saturated carbocycles. The zero-order chi connectivity index (χ0) is 17.7. The summed E-state index contributed by atoms with van der Waals surface area (Å²) in [7, 11) is 2.10. The summed E-state index contributed by atoms with van der Waals surface area (Å²) in [5, 5.41) is 21.7. The number of nitrogens with zero attached hydrogens (tertiary/aromatic N) is 2. The van der Waals surface area contributed by atoms with Crippen LogP contribution in [0.25, 0.3) is 0 Å². The van der Waals surface area contributed by atoms with Crippen LogP contribution in [0.2, 0.25) is 0 Å². The Hall–Kier alpha value is -1.65. The van der Waals surface area contributed by atoms with Crippen molar-refractivity contribution in [3.63, 3.8) is 0 Å². The Morgan fingerprint density at radius 3 is 2.81 bits per heavy atom. The lowest BCUT2D eigenvalue weighted by molar-refractivity contribution is -0.295. The molecule has 5 aliphatic rings. The Morgan fingerprint density at radius 1 is 1.23 bits per heavy atom. The molecule has 1 aromatic rings. The van der Waals surface area contributed by atoms with E-state index in [0.717, 1.165) is 24.9 Å². The van der Waals surface area contributed by atoms with E-state index in [9.17, 15) is 10.4 Å². The summed E-state index contributed by atoms with van der Waals surface area (Å²) in [4.78, 5) is 2.29. The third-order valence-corrected chi connectivity index (χ3v) is 7.65. The Morgan fingerprint density at radius 2 is 2.04 bits per heavy atom. The predicted molar refractivity (Wildman–Crippen MR) is 90.8 cm³/mol. The van der Waals surface area contributed by atoms with Gasteiger partial charge in [-0.2, -0.15) is 5.26 Å². The molecule has 2 unspecified atom stereocenters. The molecular weight excluding hydrogens is 332 g/mol. The van der Waals surface area contributed by atoms with E-state index in [1.807, 2.05) is 12.1 Å². The van der Waals surface area contributed by atoms with Crippen molar-refractivity contribution < 1.29 is 19.3 Å². The molecule has 1 aromatic carbocycles. The van der Waals surface area contributed by atoms with E-state index >= 15 is 0 Å². The second-order valence-electron chi connectivity index (χ2n) is 8.44. The van der Waals surface area contributed by atoms with Gasteiger partial charge in [0.15, 0.2) is 6.10 Å². The van der Waals surface area contributed by atoms with Gasteiger partial charge in [0, 0.05) is 18.0 Å². The fraction of sp³-hybridized carbons (Fsp3) is 0.650. The largest absolute Gasteiger partial charge is 0.482 e. The molecule has 26 heavy (non-hydrogen) atoms. The summed E-state index contributed by atoms with van der Waals surface area (Å²) in [6, 6.07) is 6.23. The lowest BCUT2D eigenvalue weighted by atomic mass is 9.48. The third kappa shape index (κ3) is 1.43. The minimum Gasteiger partial charge on any atom is -0.482 e. The highest BCUT2D eigenvalue weighted by molar-refractivity contribution is 5.63. The maximum absolute atomic E-state index is 12.1. The molecule has 0 radical (unpaired) electrons. The van der Waals surface area contributed by atoms with E-state index in [1.54, 1.807) is 0 Å². The molecule has 2 spiro atoms. The van der Waals surface area contributed by atoms with Gasteiger partial charge in [0.1, 0.15) is 11.8 Å². The number of aliphatic hydroxyl groups is 1. The maximum atomic E-state index is 12.1. The highest BCUT2D eigenvalue weighted by Crippen LogP contribution is 2.67. The number of hydrogen-bond acceptors (Lipinski definition) is 6. The fourth-order valence-electron chi connectivity index (χ4n) is 6.58. The molecule has 6 nitrogen and oxygen atoms in total. The number of rotatable bonds is 0. The molecule has 2 saturated heterocycles. The summed E-state index contributed by atoms with van der Waals surface area (Å²) in [6.07, 6.45) is 2.40. The van der Waals surface area contributed by atoms with Crippen LogP contribution < -0.4 is 4.74 Å². The molecule has 4 atom stereocenters. The van der Waals surface area contributed by atoms with E-state index in [0.29, 0.717) is 37.4 Å². The average molecular weight is 354 g/mol. The zero-order valence-electron chi connectivity index (χ0n) is 14.8. The van der Waals surface area contributed by atoms with E-state index in [2.05, 4.69) is 18.0 Å². The summed E-state index contributed by atoms with van der Waals surface area (Å²) in [5.74, 6) is -0.163. The summed E-state index contributed by atoms with van der Waals surface area (Å²) in [5.41, 5.74) is 1.32. The van der Waals surface area contributed by atoms with Gasteiger partial charge in [0.05, 0.1) is 29.8 Å². The third-order valence-electron chi connectivity index (χ3n) is 7.65. The molecular formula is C20H22N2O4. The zero-order valence-corrected chi connectivity index (χ0v) is 14.8. The second-order valence-corrected chi connectivity index (χ2v) is 8.44. The number of piperidine rings is 1. The highest BCUT2D eigenvalue weighted by Gasteiger charge is 2.77. The standard InChI is InChI=1S/C20H22N2O4/c1-22-7-6-18-15-12-2-3-13(11-21)16(15)26-17(18)20(24-8-9-25-20)5-4-19(18,23)14(22)10-12/h2-3,14,17,23H,4-10H2,1H3/t14-,17?,18+,19?/m0/s1. The lowest BCUT2D eigenvalue weighted by Gasteiger charge is -2.64. The molecule has 3 fully saturated rings. The number of hydrogen-bond donors (Lipinski definition) is 1. The van der Waals surface area contributed by atoms with Crippen molar-refractivity contribution in [2.75, 3.05) is 26.8 Å². The van der Waals surface area contributed by atoms with Crippen LogP contribution in [-0.4, -0.2) is 60.3 Å². The van der Waals surface area contributed by atoms with E-state index in [1.165, 1.54) is 5.56 Å². The van der Waals surface area contributed by atoms with Crippen LogP contribution in [0, 0.1) is 11.3 Å². The SMILES string of the molecule is CN1CC[C@@]23c4c5ccc(C#N)c4OC2C2(CCC3(O)[C@@H]1C5)OCCO2. The Kier molecular flexibility index (Phi) is 2.73. The molecule has 0 aromatic heterocycles. The monoisotopic (exact) mass is 354 g/mol. The summed E-state index contributed by atoms with van der Waals surface area (Å²) in [6.45, 7) is 1.98. The summed E-state index contributed by atoms with van der Waals surface area (Å²) < 4.78 is 18.7. The van der Waals surface area contributed by atoms with Gasteiger partial charge >= 0.3 is 0 Å². The van der Waals surface area contributed by atoms with Crippen molar-refractivity contribution in [1.82, 2.24) is 4.90 Å². The van der Waals surface area contributed by atoms with Crippen molar-refractivity contribution in [2.45, 2.75) is 54.6 Å². The van der Waals surface area contributed by atoms with Crippen LogP contribution in [0.4, 0.5) is 0 Å². The second kappa shape index (κ2) is 4.60. The van der Waals surface area contributed by atoms with Crippen molar-refractivity contribution in [2.24, 2.45) is 0 Å². The van der Waals surface area contributed by atoms with Gasteiger partial charge in [-0.3, -0.25) is 0 Å². The number of fused-ring (bicyclic) bond motifs is 1. The van der Waals surface area contributed by atoms with Crippen LogP contribution in [-0.2, 0) is 21.3 Å². The van der Waals surface area contributed by atoms with Gasteiger partial charge in [0.2, 0.25) is 5.79 Å². The smallest absolute Gasteiger partial charge is 0.207 e. The van der Waals surface area contributed by atoms with E-state index in [-0.39, 0.29) is 6.04 Å². The van der Waals surface area contributed by atoms with Crippen molar-refractivity contribution in [3.8, 4) is 11.8 Å². The van der Waals surface area contributed by atoms with Gasteiger partial charge in [-0.15, -0.1) is 0 Å². The average Bonchev–Trinajstić information content (AvgIpc) is 3.24. The van der Waals surface area contributed by atoms with Crippen LogP contribution in [0.15, 0.2) is 12.1 Å². The molecule has 1 N–H and O–H groups in total. The van der Waals surface area contributed by atoms with E-state index < -0.39 is 22.9 Å². The van der Waals surface area contributed by atoms with Crippen LogP contribution in [0.5, 0.6) is 5.75 Å². The first-order valence-corrected chi connectivity index (χ1v) is 9.49. The normalized spacial score (nSPS) is 41.6. The molecule has 0 amide bonds. The predicted octanol–water partition coefficient (Wildman–Crippen LogP) is 1.09. The number of benzene rings is 1. The molecule has 3 aliphatic heterocycles. The molecule has 2 aliphatic carbocycles. The minimum atomic E-state index is -0.891. The lowest BCUT2D eigenvalue weighted by Crippen LogP contribution is -2.79. The molecule has 2 bridgehead atoms. The topological polar surface area (TPSA) is 75.0 Å². The molecule has 3 heterocycles. The highest BCUT2D eigenvalue weighted by atomic mass is 16.8. The quantitative estimate of drug-likeness (QED) is 0.752.